The van der Waals surface area contributed by atoms with E-state index in [1.54, 1.807) is 0 Å². The molecule has 0 aromatic rings. The summed E-state index contributed by atoms with van der Waals surface area (Å²) in [5, 5.41) is 2.72. The van der Waals surface area contributed by atoms with Crippen LogP contribution in [0, 0.1) is 0 Å². The first-order valence-corrected chi connectivity index (χ1v) is 6.60. The number of amides is 1. The Morgan fingerprint density at radius 1 is 1.53 bits per heavy atom. The van der Waals surface area contributed by atoms with Crippen molar-refractivity contribution in [1.29, 1.82) is 0 Å². The molecule has 6 nitrogen and oxygen atoms in total. The Morgan fingerprint density at radius 3 is 2.60 bits per heavy atom. The lowest BCUT2D eigenvalue weighted by Crippen LogP contribution is -2.46. The molecule has 0 heterocycles. The number of carbonyl (C=O) groups excluding carboxylic acids is 1. The van der Waals surface area contributed by atoms with Gasteiger partial charge in [-0.25, -0.2) is 13.1 Å². The predicted molar refractivity (Wildman–Crippen MR) is 56.6 cm³/mol. The van der Waals surface area contributed by atoms with E-state index in [4.69, 9.17) is 5.73 Å². The van der Waals surface area contributed by atoms with Crippen LogP contribution in [0.5, 0.6) is 0 Å². The molecule has 0 spiro atoms. The maximum absolute atomic E-state index is 11.4. The summed E-state index contributed by atoms with van der Waals surface area (Å²) in [6.45, 7) is 1.57. The van der Waals surface area contributed by atoms with Gasteiger partial charge in [0.2, 0.25) is 15.9 Å². The third-order valence-corrected chi connectivity index (χ3v) is 3.55. The molecular formula is C8H17N3O3S. The van der Waals surface area contributed by atoms with Crippen molar-refractivity contribution < 1.29 is 13.2 Å². The van der Waals surface area contributed by atoms with Gasteiger partial charge in [-0.1, -0.05) is 0 Å². The van der Waals surface area contributed by atoms with E-state index in [1.165, 1.54) is 6.92 Å². The highest BCUT2D eigenvalue weighted by Crippen LogP contribution is 2.18. The van der Waals surface area contributed by atoms with Crippen molar-refractivity contribution in [3.05, 3.63) is 0 Å². The van der Waals surface area contributed by atoms with Crippen LogP contribution in [-0.4, -0.2) is 38.7 Å². The van der Waals surface area contributed by atoms with Crippen LogP contribution >= 0.6 is 0 Å². The summed E-state index contributed by atoms with van der Waals surface area (Å²) in [5.41, 5.74) is 5.14. The molecule has 1 rings (SSSR count). The second kappa shape index (κ2) is 4.91. The molecule has 4 N–H and O–H groups in total. The highest BCUT2D eigenvalue weighted by Gasteiger charge is 2.27. The van der Waals surface area contributed by atoms with Gasteiger partial charge >= 0.3 is 0 Å². The molecule has 15 heavy (non-hydrogen) atoms. The molecule has 1 saturated carbocycles. The Bertz CT molecular complexity index is 324. The van der Waals surface area contributed by atoms with Crippen LogP contribution in [-0.2, 0) is 14.8 Å². The third-order valence-electron chi connectivity index (χ3n) is 2.06. The van der Waals surface area contributed by atoms with Crippen LogP contribution < -0.4 is 15.8 Å². The molecule has 0 saturated heterocycles. The van der Waals surface area contributed by atoms with E-state index >= 15 is 0 Å². The molecule has 1 amide bonds. The van der Waals surface area contributed by atoms with E-state index in [9.17, 15) is 13.2 Å². The van der Waals surface area contributed by atoms with Crippen LogP contribution in [0.3, 0.4) is 0 Å². The van der Waals surface area contributed by atoms with Crippen molar-refractivity contribution in [1.82, 2.24) is 10.0 Å². The molecule has 0 aromatic heterocycles. The number of nitrogens with one attached hydrogen (secondary N) is 2. The fraction of sp³-hybridized carbons (Fsp3) is 0.875. The Hall–Kier alpha value is -0.660. The number of hydrogen-bond acceptors (Lipinski definition) is 4. The van der Waals surface area contributed by atoms with E-state index in [0.717, 1.165) is 12.8 Å². The average Bonchev–Trinajstić information content (AvgIpc) is 2.86. The molecule has 7 heteroatoms. The van der Waals surface area contributed by atoms with Gasteiger partial charge < -0.3 is 11.1 Å². The summed E-state index contributed by atoms with van der Waals surface area (Å²) in [4.78, 5) is 11.4. The van der Waals surface area contributed by atoms with Crippen molar-refractivity contribution in [2.24, 2.45) is 5.73 Å². The Morgan fingerprint density at radius 2 is 2.13 bits per heavy atom. The smallest absolute Gasteiger partial charge is 0.238 e. The molecule has 0 bridgehead atoms. The van der Waals surface area contributed by atoms with E-state index < -0.39 is 16.1 Å². The molecular weight excluding hydrogens is 218 g/mol. The normalized spacial score (nSPS) is 18.5. The first kappa shape index (κ1) is 12.4. The van der Waals surface area contributed by atoms with Crippen LogP contribution in [0.2, 0.25) is 0 Å². The topological polar surface area (TPSA) is 101 Å². The number of carbonyl (C=O) groups is 1. The first-order chi connectivity index (χ1) is 6.94. The van der Waals surface area contributed by atoms with Gasteiger partial charge in [-0.05, 0) is 19.8 Å². The van der Waals surface area contributed by atoms with Gasteiger partial charge in [0.1, 0.15) is 0 Å². The van der Waals surface area contributed by atoms with Crippen molar-refractivity contribution >= 4 is 15.9 Å². The second-order valence-electron chi connectivity index (χ2n) is 3.73. The van der Waals surface area contributed by atoms with Crippen LogP contribution in [0.15, 0.2) is 0 Å². The van der Waals surface area contributed by atoms with Gasteiger partial charge in [0.15, 0.2) is 0 Å². The van der Waals surface area contributed by atoms with Gasteiger partial charge in [-0.15, -0.1) is 0 Å². The summed E-state index contributed by atoms with van der Waals surface area (Å²) in [7, 11) is -3.43. The van der Waals surface area contributed by atoms with Crippen molar-refractivity contribution in [2.45, 2.75) is 31.8 Å². The van der Waals surface area contributed by atoms with Gasteiger partial charge in [-0.3, -0.25) is 4.79 Å². The molecule has 1 aliphatic carbocycles. The lowest BCUT2D eigenvalue weighted by atomic mass is 10.3. The molecule has 0 radical (unpaired) electrons. The molecule has 1 unspecified atom stereocenters. The quantitative estimate of drug-likeness (QED) is 0.523. The third kappa shape index (κ3) is 4.59. The Labute approximate surface area is 89.6 Å². The van der Waals surface area contributed by atoms with Gasteiger partial charge in [0.05, 0.1) is 11.8 Å². The van der Waals surface area contributed by atoms with Crippen LogP contribution in [0.1, 0.15) is 19.8 Å². The molecule has 1 aliphatic rings. The molecule has 0 aliphatic heterocycles. The van der Waals surface area contributed by atoms with E-state index in [0.29, 0.717) is 0 Å². The van der Waals surface area contributed by atoms with Crippen LogP contribution in [0.4, 0.5) is 0 Å². The standard InChI is InChI=1S/C8H17N3O3S/c1-6(8(12)10-7-2-3-7)11-15(13,14)5-4-9/h6-7,11H,2-5,9H2,1H3,(H,10,12). The SMILES string of the molecule is CC(NS(=O)(=O)CCN)C(=O)NC1CC1. The minimum Gasteiger partial charge on any atom is -0.352 e. The van der Waals surface area contributed by atoms with E-state index in [1.807, 2.05) is 0 Å². The average molecular weight is 235 g/mol. The lowest BCUT2D eigenvalue weighted by Gasteiger charge is -2.13. The number of hydrogen-bond donors (Lipinski definition) is 3. The second-order valence-corrected chi connectivity index (χ2v) is 5.60. The summed E-state index contributed by atoms with van der Waals surface area (Å²) < 4.78 is 24.8. The maximum atomic E-state index is 11.4. The zero-order chi connectivity index (χ0) is 11.5. The summed E-state index contributed by atoms with van der Waals surface area (Å²) in [5.74, 6) is -0.438. The Balaban J connectivity index is 2.38. The highest BCUT2D eigenvalue weighted by molar-refractivity contribution is 7.89. The number of rotatable bonds is 6. The largest absolute Gasteiger partial charge is 0.352 e. The summed E-state index contributed by atoms with van der Waals surface area (Å²) in [6, 6.07) is -0.499. The van der Waals surface area contributed by atoms with E-state index in [2.05, 4.69) is 10.0 Å². The summed E-state index contributed by atoms with van der Waals surface area (Å²) >= 11 is 0. The minimum atomic E-state index is -3.43. The van der Waals surface area contributed by atoms with Crippen molar-refractivity contribution in [3.63, 3.8) is 0 Å². The molecule has 1 atom stereocenters. The van der Waals surface area contributed by atoms with Gasteiger partial charge in [0, 0.05) is 12.6 Å². The number of nitrogens with two attached hydrogens (primary N) is 1. The molecule has 88 valence electrons. The number of sulfonamides is 1. The highest BCUT2D eigenvalue weighted by atomic mass is 32.2. The predicted octanol–water partition coefficient (Wildman–Crippen LogP) is -1.47. The van der Waals surface area contributed by atoms with Crippen molar-refractivity contribution in [3.8, 4) is 0 Å². The maximum Gasteiger partial charge on any atom is 0.238 e. The fourth-order valence-corrected chi connectivity index (χ4v) is 2.16. The summed E-state index contributed by atoms with van der Waals surface area (Å²) in [6.07, 6.45) is 1.96. The van der Waals surface area contributed by atoms with Crippen LogP contribution in [0.25, 0.3) is 0 Å². The van der Waals surface area contributed by atoms with Gasteiger partial charge in [-0.2, -0.15) is 0 Å². The Kier molecular flexibility index (Phi) is 4.06. The molecule has 0 aromatic carbocycles. The zero-order valence-electron chi connectivity index (χ0n) is 8.69. The lowest BCUT2D eigenvalue weighted by molar-refractivity contribution is -0.122. The zero-order valence-corrected chi connectivity index (χ0v) is 9.51. The molecule has 1 fully saturated rings. The van der Waals surface area contributed by atoms with E-state index in [-0.39, 0.29) is 24.2 Å². The monoisotopic (exact) mass is 235 g/mol. The minimum absolute atomic E-state index is 0.0479. The fourth-order valence-electron chi connectivity index (χ4n) is 1.09. The first-order valence-electron chi connectivity index (χ1n) is 4.95. The van der Waals surface area contributed by atoms with Crippen molar-refractivity contribution in [2.75, 3.05) is 12.3 Å². The van der Waals surface area contributed by atoms with Gasteiger partial charge in [0.25, 0.3) is 0 Å².